The number of H-pyrrole nitrogens is 1. The van der Waals surface area contributed by atoms with E-state index in [1.807, 2.05) is 19.1 Å². The lowest BCUT2D eigenvalue weighted by atomic mass is 9.92. The van der Waals surface area contributed by atoms with Gasteiger partial charge in [-0.2, -0.15) is 4.98 Å². The van der Waals surface area contributed by atoms with Crippen LogP contribution < -0.4 is 10.1 Å². The zero-order valence-electron chi connectivity index (χ0n) is 21.4. The first-order valence-electron chi connectivity index (χ1n) is 12.0. The quantitative estimate of drug-likeness (QED) is 0.372. The molecule has 0 saturated heterocycles. The fourth-order valence-electron chi connectivity index (χ4n) is 3.99. The second kappa shape index (κ2) is 11.6. The van der Waals surface area contributed by atoms with Gasteiger partial charge in [-0.1, -0.05) is 39.3 Å². The summed E-state index contributed by atoms with van der Waals surface area (Å²) in [5, 5.41) is 9.95. The molecular formula is C25H36N6O3S. The Labute approximate surface area is 208 Å². The van der Waals surface area contributed by atoms with Crippen molar-refractivity contribution in [1.82, 2.24) is 25.1 Å². The largest absolute Gasteiger partial charge is 0.481 e. The molecule has 0 unspecified atom stereocenters. The number of hydrogen-bond acceptors (Lipinski definition) is 8. The highest BCUT2D eigenvalue weighted by atomic mass is 32.2. The van der Waals surface area contributed by atoms with Crippen molar-refractivity contribution >= 4 is 21.5 Å². The summed E-state index contributed by atoms with van der Waals surface area (Å²) in [6.07, 6.45) is 2.24. The number of methoxy groups -OCH3 is 1. The number of nitrogens with one attached hydrogen (secondary N) is 2. The molecule has 9 nitrogen and oxygen atoms in total. The fraction of sp³-hybridized carbons (Fsp3) is 0.480. The maximum absolute atomic E-state index is 12.8. The van der Waals surface area contributed by atoms with Crippen molar-refractivity contribution in [3.05, 3.63) is 41.6 Å². The van der Waals surface area contributed by atoms with Crippen molar-refractivity contribution < 1.29 is 13.2 Å². The third-order valence-corrected chi connectivity index (χ3v) is 7.57. The molecule has 0 bridgehead atoms. The van der Waals surface area contributed by atoms with Crippen LogP contribution in [0, 0.1) is 6.92 Å². The van der Waals surface area contributed by atoms with E-state index in [2.05, 4.69) is 70.2 Å². The van der Waals surface area contributed by atoms with E-state index in [-0.39, 0.29) is 22.8 Å². The van der Waals surface area contributed by atoms with Gasteiger partial charge >= 0.3 is 0 Å². The van der Waals surface area contributed by atoms with Gasteiger partial charge in [-0.15, -0.1) is 5.10 Å². The van der Waals surface area contributed by atoms with Crippen LogP contribution >= 0.6 is 0 Å². The van der Waals surface area contributed by atoms with Gasteiger partial charge < -0.3 is 15.0 Å². The molecule has 0 radical (unpaired) electrons. The van der Waals surface area contributed by atoms with Crippen molar-refractivity contribution in [2.75, 3.05) is 37.8 Å². The van der Waals surface area contributed by atoms with Crippen LogP contribution in [0.3, 0.4) is 0 Å². The van der Waals surface area contributed by atoms with Gasteiger partial charge in [0.1, 0.15) is 0 Å². The maximum atomic E-state index is 12.8. The van der Waals surface area contributed by atoms with E-state index in [9.17, 15) is 8.42 Å². The Morgan fingerprint density at radius 3 is 2.57 bits per heavy atom. The topological polar surface area (TPSA) is 113 Å². The molecule has 190 valence electrons. The molecule has 35 heavy (non-hydrogen) atoms. The second-order valence-electron chi connectivity index (χ2n) is 8.81. The summed E-state index contributed by atoms with van der Waals surface area (Å²) >= 11 is 0. The van der Waals surface area contributed by atoms with Crippen molar-refractivity contribution in [2.45, 2.75) is 52.1 Å². The smallest absolute Gasteiger partial charge is 0.247 e. The third kappa shape index (κ3) is 6.58. The molecular weight excluding hydrogens is 464 g/mol. The minimum atomic E-state index is -3.57. The molecule has 1 aromatic carbocycles. The number of anilines is 2. The Morgan fingerprint density at radius 2 is 1.91 bits per heavy atom. The molecule has 2 aromatic heterocycles. The number of ether oxygens (including phenoxy) is 1. The zero-order chi connectivity index (χ0) is 25.6. The van der Waals surface area contributed by atoms with E-state index in [4.69, 9.17) is 4.74 Å². The molecule has 0 amide bonds. The van der Waals surface area contributed by atoms with E-state index in [1.54, 1.807) is 13.3 Å². The highest BCUT2D eigenvalue weighted by Gasteiger charge is 2.22. The molecule has 0 aliphatic heterocycles. The Kier molecular flexibility index (Phi) is 8.85. The standard InChI is InChI=1S/C25H36N6O3S/c1-7-31(8-2)12-9-13-35(32,33)25-28-24(29-30-25)27-23-20(17(3)4)14-18(5)15-21(23)19-10-11-26-22(16-19)34-6/h10-11,14-17H,7-9,12-13H2,1-6H3,(H2,27,28,29,30). The first-order valence-corrected chi connectivity index (χ1v) is 13.6. The first kappa shape index (κ1) is 26.6. The number of nitrogens with zero attached hydrogens (tertiary/aromatic N) is 4. The van der Waals surface area contributed by atoms with Crippen LogP contribution in [-0.4, -0.2) is 66.0 Å². The summed E-state index contributed by atoms with van der Waals surface area (Å²) in [6.45, 7) is 12.9. The van der Waals surface area contributed by atoms with Gasteiger partial charge in [-0.05, 0) is 62.2 Å². The maximum Gasteiger partial charge on any atom is 0.247 e. The molecule has 0 fully saturated rings. The van der Waals surface area contributed by atoms with Gasteiger partial charge in [0, 0.05) is 17.8 Å². The average molecular weight is 501 g/mol. The molecule has 10 heteroatoms. The molecule has 0 aliphatic carbocycles. The van der Waals surface area contributed by atoms with E-state index < -0.39 is 9.84 Å². The molecule has 0 saturated carbocycles. The Hall–Kier alpha value is -2.98. The number of pyridine rings is 1. The molecule has 0 atom stereocenters. The lowest BCUT2D eigenvalue weighted by Crippen LogP contribution is -2.25. The summed E-state index contributed by atoms with van der Waals surface area (Å²) in [5.74, 6) is 0.946. The number of aryl methyl sites for hydroxylation is 1. The van der Waals surface area contributed by atoms with E-state index in [0.717, 1.165) is 47.6 Å². The normalized spacial score (nSPS) is 11.9. The van der Waals surface area contributed by atoms with Crippen LogP contribution in [0.15, 0.2) is 35.6 Å². The number of sulfone groups is 1. The number of aromatic amines is 1. The van der Waals surface area contributed by atoms with Crippen molar-refractivity contribution in [2.24, 2.45) is 0 Å². The average Bonchev–Trinajstić information content (AvgIpc) is 3.32. The van der Waals surface area contributed by atoms with Gasteiger partial charge in [0.2, 0.25) is 26.8 Å². The monoisotopic (exact) mass is 500 g/mol. The fourth-order valence-corrected chi connectivity index (χ4v) is 5.11. The predicted molar refractivity (Wildman–Crippen MR) is 139 cm³/mol. The number of hydrogen-bond donors (Lipinski definition) is 2. The van der Waals surface area contributed by atoms with E-state index >= 15 is 0 Å². The number of rotatable bonds is 12. The summed E-state index contributed by atoms with van der Waals surface area (Å²) < 4.78 is 31.0. The van der Waals surface area contributed by atoms with Crippen molar-refractivity contribution in [3.8, 4) is 17.0 Å². The molecule has 2 heterocycles. The van der Waals surface area contributed by atoms with Gasteiger partial charge in [-0.25, -0.2) is 18.5 Å². The highest BCUT2D eigenvalue weighted by Crippen LogP contribution is 2.38. The number of aromatic nitrogens is 4. The molecule has 0 spiro atoms. The minimum Gasteiger partial charge on any atom is -0.481 e. The van der Waals surface area contributed by atoms with Gasteiger partial charge in [0.05, 0.1) is 18.6 Å². The summed E-state index contributed by atoms with van der Waals surface area (Å²) in [6, 6.07) is 7.97. The molecule has 3 rings (SSSR count). The van der Waals surface area contributed by atoms with Crippen molar-refractivity contribution in [1.29, 1.82) is 0 Å². The van der Waals surface area contributed by atoms with Crippen LogP contribution in [0.25, 0.3) is 11.1 Å². The summed E-state index contributed by atoms with van der Waals surface area (Å²) in [4.78, 5) is 10.7. The van der Waals surface area contributed by atoms with Crippen LogP contribution in [0.2, 0.25) is 0 Å². The van der Waals surface area contributed by atoms with Gasteiger partial charge in [0.25, 0.3) is 0 Å². The van der Waals surface area contributed by atoms with Crippen LogP contribution in [0.5, 0.6) is 5.88 Å². The summed E-state index contributed by atoms with van der Waals surface area (Å²) in [7, 11) is -1.99. The van der Waals surface area contributed by atoms with E-state index in [1.165, 1.54) is 0 Å². The highest BCUT2D eigenvalue weighted by molar-refractivity contribution is 7.91. The second-order valence-corrected chi connectivity index (χ2v) is 10.8. The van der Waals surface area contributed by atoms with Gasteiger partial charge in [0.15, 0.2) is 0 Å². The number of benzene rings is 1. The molecule has 2 N–H and O–H groups in total. The Bertz CT molecular complexity index is 1240. The van der Waals surface area contributed by atoms with Gasteiger partial charge in [-0.3, -0.25) is 0 Å². The van der Waals surface area contributed by atoms with Crippen LogP contribution in [-0.2, 0) is 9.84 Å². The summed E-state index contributed by atoms with van der Waals surface area (Å²) in [5.41, 5.74) is 4.86. The van der Waals surface area contributed by atoms with Crippen molar-refractivity contribution in [3.63, 3.8) is 0 Å². The molecule has 3 aromatic rings. The zero-order valence-corrected chi connectivity index (χ0v) is 22.2. The minimum absolute atomic E-state index is 0.0158. The SMILES string of the molecule is CCN(CC)CCCS(=O)(=O)c1nc(Nc2c(-c3ccnc(OC)c3)cc(C)cc2C(C)C)n[nH]1. The lowest BCUT2D eigenvalue weighted by Gasteiger charge is -2.19. The Morgan fingerprint density at radius 1 is 1.17 bits per heavy atom. The Balaban J connectivity index is 1.92. The predicted octanol–water partition coefficient (Wildman–Crippen LogP) is 4.56. The lowest BCUT2D eigenvalue weighted by molar-refractivity contribution is 0.305. The van der Waals surface area contributed by atoms with Crippen LogP contribution in [0.1, 0.15) is 51.2 Å². The first-order chi connectivity index (χ1) is 16.7. The molecule has 0 aliphatic rings. The van der Waals surface area contributed by atoms with E-state index in [0.29, 0.717) is 12.3 Å². The van der Waals surface area contributed by atoms with Crippen LogP contribution in [0.4, 0.5) is 11.6 Å². The third-order valence-electron chi connectivity index (χ3n) is 5.97.